The summed E-state index contributed by atoms with van der Waals surface area (Å²) in [5.74, 6) is 2.05. The summed E-state index contributed by atoms with van der Waals surface area (Å²) in [6.45, 7) is 8.95. The van der Waals surface area contributed by atoms with Gasteiger partial charge in [0.25, 0.3) is 0 Å². The van der Waals surface area contributed by atoms with Crippen LogP contribution in [0.25, 0.3) is 0 Å². The van der Waals surface area contributed by atoms with Crippen LogP contribution in [-0.4, -0.2) is 24.8 Å². The Bertz CT molecular complexity index is 826. The van der Waals surface area contributed by atoms with E-state index in [0.29, 0.717) is 18.8 Å². The highest BCUT2D eigenvalue weighted by atomic mass is 16.5. The second-order valence-electron chi connectivity index (χ2n) is 7.26. The Hall–Kier alpha value is -2.82. The van der Waals surface area contributed by atoms with Crippen LogP contribution >= 0.6 is 0 Å². The van der Waals surface area contributed by atoms with Crippen molar-refractivity contribution in [3.05, 3.63) is 58.7 Å². The topological polar surface area (TPSA) is 85.4 Å². The first kappa shape index (κ1) is 21.5. The largest absolute Gasteiger partial charge is 0.494 e. The lowest BCUT2D eigenvalue weighted by Gasteiger charge is -2.17. The van der Waals surface area contributed by atoms with Gasteiger partial charge < -0.3 is 15.2 Å². The molecule has 28 heavy (non-hydrogen) atoms. The highest BCUT2D eigenvalue weighted by Crippen LogP contribution is 2.30. The number of Topliss-reactive ketones (excluding diaryl/α,β-unsaturated/α-hetero) is 1. The number of rotatable bonds is 10. The Labute approximate surface area is 167 Å². The fourth-order valence-electron chi connectivity index (χ4n) is 2.96. The highest BCUT2D eigenvalue weighted by Gasteiger charge is 2.14. The van der Waals surface area contributed by atoms with Crippen LogP contribution in [0.2, 0.25) is 0 Å². The molecule has 0 saturated carbocycles. The van der Waals surface area contributed by atoms with Crippen molar-refractivity contribution in [1.82, 2.24) is 0 Å². The molecule has 0 atom stereocenters. The van der Waals surface area contributed by atoms with Crippen molar-refractivity contribution in [3.63, 3.8) is 0 Å². The van der Waals surface area contributed by atoms with Gasteiger partial charge in [-0.15, -0.1) is 0 Å². The maximum absolute atomic E-state index is 11.8. The molecule has 0 radical (unpaired) electrons. The quantitative estimate of drug-likeness (QED) is 0.266. The normalized spacial score (nSPS) is 10.8. The minimum absolute atomic E-state index is 0.0519. The average molecular weight is 383 g/mol. The lowest BCUT2D eigenvalue weighted by atomic mass is 9.95. The molecule has 0 aliphatic carbocycles. The lowest BCUT2D eigenvalue weighted by molar-refractivity contribution is 0.101. The van der Waals surface area contributed by atoms with E-state index in [1.54, 1.807) is 19.1 Å². The second kappa shape index (κ2) is 9.93. The number of amidine groups is 1. The number of unbranched alkanes of at least 4 members (excludes halogenated alkanes) is 1. The standard InChI is InChI=1S/C23H30N2O3/c1-15(2)20-14-21(17(4)26)16(3)13-22(20)28-12-6-5-11-27-19-9-7-18(8-10-19)23(24)25/h7-10,13-15H,5-6,11-12H2,1-4H3,(H3,24,25). The number of carbonyl (C=O) groups is 1. The van der Waals surface area contributed by atoms with Gasteiger partial charge in [-0.25, -0.2) is 0 Å². The molecule has 5 nitrogen and oxygen atoms in total. The van der Waals surface area contributed by atoms with E-state index in [1.807, 2.05) is 31.2 Å². The van der Waals surface area contributed by atoms with E-state index in [0.717, 1.165) is 41.0 Å². The number of nitrogen functional groups attached to an aromatic ring is 1. The van der Waals surface area contributed by atoms with Gasteiger partial charge in [0.1, 0.15) is 17.3 Å². The molecule has 0 spiro atoms. The van der Waals surface area contributed by atoms with Crippen molar-refractivity contribution in [1.29, 1.82) is 5.41 Å². The Kier molecular flexibility index (Phi) is 7.61. The van der Waals surface area contributed by atoms with Crippen molar-refractivity contribution in [2.45, 2.75) is 46.5 Å². The molecule has 5 heteroatoms. The molecule has 2 aromatic rings. The Morgan fingerprint density at radius 2 is 1.68 bits per heavy atom. The van der Waals surface area contributed by atoms with Crippen LogP contribution in [-0.2, 0) is 0 Å². The molecule has 0 aliphatic heterocycles. The van der Waals surface area contributed by atoms with E-state index in [2.05, 4.69) is 13.8 Å². The molecule has 0 aromatic heterocycles. The lowest BCUT2D eigenvalue weighted by Crippen LogP contribution is -2.10. The van der Waals surface area contributed by atoms with Gasteiger partial charge in [-0.3, -0.25) is 10.2 Å². The van der Waals surface area contributed by atoms with Crippen LogP contribution < -0.4 is 15.2 Å². The van der Waals surface area contributed by atoms with Crippen molar-refractivity contribution >= 4 is 11.6 Å². The van der Waals surface area contributed by atoms with Crippen molar-refractivity contribution in [3.8, 4) is 11.5 Å². The summed E-state index contributed by atoms with van der Waals surface area (Å²) in [5.41, 5.74) is 8.91. The molecule has 150 valence electrons. The number of carbonyl (C=O) groups excluding carboxylic acids is 1. The van der Waals surface area contributed by atoms with Crippen LogP contribution in [0, 0.1) is 12.3 Å². The van der Waals surface area contributed by atoms with E-state index in [1.165, 1.54) is 0 Å². The summed E-state index contributed by atoms with van der Waals surface area (Å²) in [5, 5.41) is 7.38. The van der Waals surface area contributed by atoms with Crippen molar-refractivity contribution in [2.75, 3.05) is 13.2 Å². The zero-order chi connectivity index (χ0) is 20.7. The van der Waals surface area contributed by atoms with E-state index in [4.69, 9.17) is 20.6 Å². The molecule has 0 heterocycles. The smallest absolute Gasteiger partial charge is 0.160 e. The maximum Gasteiger partial charge on any atom is 0.160 e. The van der Waals surface area contributed by atoms with Crippen molar-refractivity contribution in [2.24, 2.45) is 5.73 Å². The van der Waals surface area contributed by atoms with Gasteiger partial charge in [-0.05, 0) is 80.1 Å². The minimum Gasteiger partial charge on any atom is -0.494 e. The first-order chi connectivity index (χ1) is 13.3. The van der Waals surface area contributed by atoms with Gasteiger partial charge >= 0.3 is 0 Å². The van der Waals surface area contributed by atoms with Gasteiger partial charge in [-0.1, -0.05) is 13.8 Å². The third-order valence-corrected chi connectivity index (χ3v) is 4.59. The van der Waals surface area contributed by atoms with Crippen LogP contribution in [0.1, 0.15) is 66.6 Å². The molecule has 3 N–H and O–H groups in total. The van der Waals surface area contributed by atoms with Gasteiger partial charge in [0.15, 0.2) is 5.78 Å². The molecule has 0 saturated heterocycles. The number of benzene rings is 2. The monoisotopic (exact) mass is 382 g/mol. The Balaban J connectivity index is 1.82. The van der Waals surface area contributed by atoms with Gasteiger partial charge in [0.05, 0.1) is 13.2 Å². The summed E-state index contributed by atoms with van der Waals surface area (Å²) >= 11 is 0. The van der Waals surface area contributed by atoms with Crippen LogP contribution in [0.5, 0.6) is 11.5 Å². The zero-order valence-corrected chi connectivity index (χ0v) is 17.2. The molecule has 0 bridgehead atoms. The molecule has 2 aromatic carbocycles. The molecule has 0 aliphatic rings. The third-order valence-electron chi connectivity index (χ3n) is 4.59. The summed E-state index contributed by atoms with van der Waals surface area (Å²) in [4.78, 5) is 11.8. The predicted octanol–water partition coefficient (Wildman–Crippen LogP) is 4.84. The van der Waals surface area contributed by atoms with Crippen LogP contribution in [0.15, 0.2) is 36.4 Å². The number of nitrogens with one attached hydrogen (secondary N) is 1. The minimum atomic E-state index is 0.0519. The number of ether oxygens (including phenoxy) is 2. The molecule has 2 rings (SSSR count). The molecular formula is C23H30N2O3. The number of aryl methyl sites for hydroxylation is 1. The zero-order valence-electron chi connectivity index (χ0n) is 17.2. The Morgan fingerprint density at radius 3 is 2.21 bits per heavy atom. The summed E-state index contributed by atoms with van der Waals surface area (Å²) < 4.78 is 11.7. The number of hydrogen-bond acceptors (Lipinski definition) is 4. The SMILES string of the molecule is CC(=O)c1cc(C(C)C)c(OCCCCOc2ccc(C(=N)N)cc2)cc1C. The molecule has 0 fully saturated rings. The number of nitrogens with two attached hydrogens (primary N) is 1. The summed E-state index contributed by atoms with van der Waals surface area (Å²) in [6.07, 6.45) is 1.74. The molecule has 0 amide bonds. The van der Waals surface area contributed by atoms with Gasteiger partial charge in [0, 0.05) is 11.1 Å². The second-order valence-corrected chi connectivity index (χ2v) is 7.26. The highest BCUT2D eigenvalue weighted by molar-refractivity contribution is 5.96. The van der Waals surface area contributed by atoms with Gasteiger partial charge in [0.2, 0.25) is 0 Å². The van der Waals surface area contributed by atoms with Crippen LogP contribution in [0.3, 0.4) is 0 Å². The van der Waals surface area contributed by atoms with Crippen LogP contribution in [0.4, 0.5) is 0 Å². The van der Waals surface area contributed by atoms with E-state index < -0.39 is 0 Å². The van der Waals surface area contributed by atoms with E-state index >= 15 is 0 Å². The molecule has 0 unspecified atom stereocenters. The summed E-state index contributed by atoms with van der Waals surface area (Å²) in [6, 6.07) is 11.1. The molecular weight excluding hydrogens is 352 g/mol. The number of hydrogen-bond donors (Lipinski definition) is 2. The first-order valence-corrected chi connectivity index (χ1v) is 9.65. The first-order valence-electron chi connectivity index (χ1n) is 9.65. The average Bonchev–Trinajstić information content (AvgIpc) is 2.64. The van der Waals surface area contributed by atoms with E-state index in [9.17, 15) is 4.79 Å². The fraction of sp³-hybridized carbons (Fsp3) is 0.391. The fourth-order valence-corrected chi connectivity index (χ4v) is 2.96. The number of ketones is 1. The van der Waals surface area contributed by atoms with Crippen molar-refractivity contribution < 1.29 is 14.3 Å². The third kappa shape index (κ3) is 5.84. The summed E-state index contributed by atoms with van der Waals surface area (Å²) in [7, 11) is 0. The predicted molar refractivity (Wildman–Crippen MR) is 113 cm³/mol. The maximum atomic E-state index is 11.8. The Morgan fingerprint density at radius 1 is 1.07 bits per heavy atom. The van der Waals surface area contributed by atoms with Gasteiger partial charge in [-0.2, -0.15) is 0 Å². The van der Waals surface area contributed by atoms with E-state index in [-0.39, 0.29) is 17.5 Å².